The highest BCUT2D eigenvalue weighted by Crippen LogP contribution is 2.46. The van der Waals surface area contributed by atoms with Gasteiger partial charge >= 0.3 is 12.1 Å². The van der Waals surface area contributed by atoms with Gasteiger partial charge in [0.05, 0.1) is 5.92 Å². The molecular weight excluding hydrogens is 330 g/mol. The molecule has 4 nitrogen and oxygen atoms in total. The van der Waals surface area contributed by atoms with Crippen LogP contribution in [0.1, 0.15) is 31.2 Å². The molecule has 1 amide bonds. The molecule has 1 saturated heterocycles. The third-order valence-corrected chi connectivity index (χ3v) is 4.51. The molecule has 2 unspecified atom stereocenters. The fourth-order valence-electron chi connectivity index (χ4n) is 2.99. The lowest BCUT2D eigenvalue weighted by Gasteiger charge is -2.28. The first-order valence-corrected chi connectivity index (χ1v) is 7.47. The number of carboxylic acid groups (broad SMARTS) is 1. The van der Waals surface area contributed by atoms with Crippen molar-refractivity contribution in [3.63, 3.8) is 0 Å². The molecule has 2 atom stereocenters. The fraction of sp³-hybridized carbons (Fsp3) is 0.500. The average molecular weight is 347 g/mol. The minimum absolute atomic E-state index is 0.275. The van der Waals surface area contributed by atoms with Crippen LogP contribution in [0.15, 0.2) is 24.3 Å². The lowest BCUT2D eigenvalue weighted by Crippen LogP contribution is -2.48. The molecule has 132 valence electrons. The standard InChI is InChI=1S/C16H17F4NO3/c1-2-12(10-3-5-11(17)6-4-10)13(22)21-8-7-15(9-21,14(23)24)16(18,19)20/h3-6,12H,2,7-9H2,1H3,(H,23,24). The van der Waals surface area contributed by atoms with Crippen LogP contribution < -0.4 is 0 Å². The lowest BCUT2D eigenvalue weighted by atomic mass is 9.86. The second-order valence-corrected chi connectivity index (χ2v) is 5.91. The van der Waals surface area contributed by atoms with Gasteiger partial charge in [0.1, 0.15) is 5.82 Å². The van der Waals surface area contributed by atoms with Gasteiger partial charge in [-0.25, -0.2) is 4.39 Å². The Morgan fingerprint density at radius 3 is 2.29 bits per heavy atom. The van der Waals surface area contributed by atoms with Crippen molar-refractivity contribution in [2.75, 3.05) is 13.1 Å². The van der Waals surface area contributed by atoms with Gasteiger partial charge in [-0.3, -0.25) is 9.59 Å². The molecule has 24 heavy (non-hydrogen) atoms. The summed E-state index contributed by atoms with van der Waals surface area (Å²) in [6.45, 7) is 0.515. The number of hydrogen-bond donors (Lipinski definition) is 1. The minimum atomic E-state index is -4.94. The van der Waals surface area contributed by atoms with Crippen molar-refractivity contribution >= 4 is 11.9 Å². The van der Waals surface area contributed by atoms with Crippen LogP contribution in [0, 0.1) is 11.2 Å². The Morgan fingerprint density at radius 1 is 1.29 bits per heavy atom. The summed E-state index contributed by atoms with van der Waals surface area (Å²) in [6, 6.07) is 5.16. The molecule has 8 heteroatoms. The number of amides is 1. The predicted molar refractivity (Wildman–Crippen MR) is 76.8 cm³/mol. The lowest BCUT2D eigenvalue weighted by molar-refractivity contribution is -0.227. The van der Waals surface area contributed by atoms with E-state index in [4.69, 9.17) is 5.11 Å². The van der Waals surface area contributed by atoms with E-state index in [9.17, 15) is 27.2 Å². The number of alkyl halides is 3. The van der Waals surface area contributed by atoms with Crippen molar-refractivity contribution in [1.82, 2.24) is 4.90 Å². The van der Waals surface area contributed by atoms with Crippen LogP contribution in [0.25, 0.3) is 0 Å². The second kappa shape index (κ2) is 6.41. The van der Waals surface area contributed by atoms with Gasteiger partial charge in [-0.15, -0.1) is 0 Å². The molecule has 1 aromatic carbocycles. The molecular formula is C16H17F4NO3. The van der Waals surface area contributed by atoms with Gasteiger partial charge in [-0.05, 0) is 30.5 Å². The van der Waals surface area contributed by atoms with Crippen LogP contribution in [0.5, 0.6) is 0 Å². The smallest absolute Gasteiger partial charge is 0.406 e. The summed E-state index contributed by atoms with van der Waals surface area (Å²) in [4.78, 5) is 24.7. The molecule has 1 aliphatic rings. The number of likely N-dealkylation sites (tertiary alicyclic amines) is 1. The molecule has 1 fully saturated rings. The molecule has 0 bridgehead atoms. The zero-order chi connectivity index (χ0) is 18.1. The topological polar surface area (TPSA) is 57.6 Å². The number of benzene rings is 1. The molecule has 0 spiro atoms. The summed E-state index contributed by atoms with van der Waals surface area (Å²) >= 11 is 0. The normalized spacial score (nSPS) is 22.5. The number of carbonyl (C=O) groups is 2. The Balaban J connectivity index is 2.24. The van der Waals surface area contributed by atoms with Crippen LogP contribution in [0.4, 0.5) is 17.6 Å². The fourth-order valence-corrected chi connectivity index (χ4v) is 2.99. The van der Waals surface area contributed by atoms with E-state index in [1.165, 1.54) is 24.3 Å². The number of carbonyl (C=O) groups excluding carboxylic acids is 1. The van der Waals surface area contributed by atoms with Crippen LogP contribution in [0.3, 0.4) is 0 Å². The number of nitrogens with zero attached hydrogens (tertiary/aromatic N) is 1. The maximum absolute atomic E-state index is 13.2. The average Bonchev–Trinajstić information content (AvgIpc) is 2.96. The van der Waals surface area contributed by atoms with E-state index in [0.717, 1.165) is 4.90 Å². The quantitative estimate of drug-likeness (QED) is 0.851. The van der Waals surface area contributed by atoms with E-state index in [1.807, 2.05) is 0 Å². The van der Waals surface area contributed by atoms with E-state index >= 15 is 0 Å². The Kier molecular flexibility index (Phi) is 4.87. The summed E-state index contributed by atoms with van der Waals surface area (Å²) in [5.74, 6) is -3.76. The zero-order valence-electron chi connectivity index (χ0n) is 12.9. The monoisotopic (exact) mass is 347 g/mol. The Hall–Kier alpha value is -2.12. The minimum Gasteiger partial charge on any atom is -0.481 e. The maximum Gasteiger partial charge on any atom is 0.406 e. The molecule has 0 aromatic heterocycles. The predicted octanol–water partition coefficient (Wildman–Crippen LogP) is 3.18. The molecule has 0 aliphatic carbocycles. The van der Waals surface area contributed by atoms with Gasteiger partial charge in [0.2, 0.25) is 5.91 Å². The SMILES string of the molecule is CCC(C(=O)N1CCC(C(=O)O)(C(F)(F)F)C1)c1ccc(F)cc1. The highest BCUT2D eigenvalue weighted by atomic mass is 19.4. The molecule has 1 heterocycles. The molecule has 1 aromatic rings. The Labute approximate surface area is 136 Å². The first kappa shape index (κ1) is 18.2. The van der Waals surface area contributed by atoms with Crippen molar-refractivity contribution in [2.45, 2.75) is 31.9 Å². The highest BCUT2D eigenvalue weighted by Gasteiger charge is 2.64. The number of rotatable bonds is 4. The highest BCUT2D eigenvalue weighted by molar-refractivity contribution is 5.86. The Bertz CT molecular complexity index is 629. The van der Waals surface area contributed by atoms with E-state index in [2.05, 4.69) is 0 Å². The summed E-state index contributed by atoms with van der Waals surface area (Å²) in [6.07, 6.45) is -5.30. The van der Waals surface area contributed by atoms with E-state index in [0.29, 0.717) is 12.0 Å². The second-order valence-electron chi connectivity index (χ2n) is 5.91. The summed E-state index contributed by atoms with van der Waals surface area (Å²) in [7, 11) is 0. The maximum atomic E-state index is 13.2. The van der Waals surface area contributed by atoms with E-state index in [-0.39, 0.29) is 6.54 Å². The van der Waals surface area contributed by atoms with Gasteiger partial charge < -0.3 is 10.0 Å². The molecule has 1 N–H and O–H groups in total. The van der Waals surface area contributed by atoms with Crippen LogP contribution >= 0.6 is 0 Å². The van der Waals surface area contributed by atoms with E-state index in [1.54, 1.807) is 6.92 Å². The van der Waals surface area contributed by atoms with Gasteiger partial charge in [0.25, 0.3) is 0 Å². The van der Waals surface area contributed by atoms with Gasteiger partial charge in [0, 0.05) is 13.1 Å². The van der Waals surface area contributed by atoms with Crippen LogP contribution in [-0.2, 0) is 9.59 Å². The summed E-state index contributed by atoms with van der Waals surface area (Å²) < 4.78 is 52.6. The van der Waals surface area contributed by atoms with E-state index < -0.39 is 48.2 Å². The van der Waals surface area contributed by atoms with Crippen LogP contribution in [0.2, 0.25) is 0 Å². The van der Waals surface area contributed by atoms with Gasteiger partial charge in [-0.2, -0.15) is 13.2 Å². The van der Waals surface area contributed by atoms with Gasteiger partial charge in [0.15, 0.2) is 5.41 Å². The zero-order valence-corrected chi connectivity index (χ0v) is 12.9. The first-order valence-electron chi connectivity index (χ1n) is 7.47. The van der Waals surface area contributed by atoms with Gasteiger partial charge in [-0.1, -0.05) is 19.1 Å². The third kappa shape index (κ3) is 3.09. The Morgan fingerprint density at radius 2 is 1.88 bits per heavy atom. The largest absolute Gasteiger partial charge is 0.481 e. The number of carboxylic acids is 1. The molecule has 2 rings (SSSR count). The van der Waals surface area contributed by atoms with Crippen molar-refractivity contribution in [2.24, 2.45) is 5.41 Å². The van der Waals surface area contributed by atoms with Crippen molar-refractivity contribution in [3.05, 3.63) is 35.6 Å². The number of halogens is 4. The molecule has 0 saturated carbocycles. The number of hydrogen-bond acceptors (Lipinski definition) is 2. The number of aliphatic carboxylic acids is 1. The van der Waals surface area contributed by atoms with Crippen LogP contribution in [-0.4, -0.2) is 41.1 Å². The summed E-state index contributed by atoms with van der Waals surface area (Å²) in [5.41, 5.74) is -2.44. The van der Waals surface area contributed by atoms with Crippen molar-refractivity contribution in [1.29, 1.82) is 0 Å². The molecule has 0 radical (unpaired) electrons. The third-order valence-electron chi connectivity index (χ3n) is 4.51. The van der Waals surface area contributed by atoms with Crippen molar-refractivity contribution in [3.8, 4) is 0 Å². The van der Waals surface area contributed by atoms with Crippen molar-refractivity contribution < 1.29 is 32.3 Å². The first-order chi connectivity index (χ1) is 11.1. The molecule has 1 aliphatic heterocycles. The summed E-state index contributed by atoms with van der Waals surface area (Å²) in [5, 5.41) is 9.04.